The predicted octanol–water partition coefficient (Wildman–Crippen LogP) is 5.12. The second-order valence-corrected chi connectivity index (χ2v) is 7.31. The monoisotopic (exact) mass is 417 g/mol. The molecule has 0 saturated heterocycles. The number of hydrogen-bond acceptors (Lipinski definition) is 5. The third-order valence-corrected chi connectivity index (χ3v) is 5.24. The molecule has 0 bridgehead atoms. The third kappa shape index (κ3) is 3.21. The molecule has 0 radical (unpaired) electrons. The summed E-state index contributed by atoms with van der Waals surface area (Å²) < 4.78 is 13.0. The molecule has 30 heavy (non-hydrogen) atoms. The normalized spacial score (nSPS) is 11.3. The Hall–Kier alpha value is -3.64. The number of benzene rings is 2. The van der Waals surface area contributed by atoms with Gasteiger partial charge in [0, 0.05) is 34.9 Å². The van der Waals surface area contributed by atoms with Crippen molar-refractivity contribution in [3.8, 4) is 5.75 Å². The summed E-state index contributed by atoms with van der Waals surface area (Å²) >= 11 is 6.00. The minimum atomic E-state index is -0.292. The molecule has 0 aliphatic carbocycles. The molecule has 5 rings (SSSR count). The van der Waals surface area contributed by atoms with E-state index in [0.717, 1.165) is 16.5 Å². The van der Waals surface area contributed by atoms with Crippen molar-refractivity contribution in [2.75, 3.05) is 7.11 Å². The van der Waals surface area contributed by atoms with Crippen LogP contribution in [0.25, 0.3) is 22.0 Å². The van der Waals surface area contributed by atoms with Crippen molar-refractivity contribution in [1.29, 1.82) is 0 Å². The van der Waals surface area contributed by atoms with Crippen LogP contribution in [0, 0.1) is 0 Å². The van der Waals surface area contributed by atoms with E-state index >= 15 is 0 Å². The summed E-state index contributed by atoms with van der Waals surface area (Å²) in [6.45, 7) is 0.588. The van der Waals surface area contributed by atoms with Crippen LogP contribution in [0.4, 0.5) is 0 Å². The van der Waals surface area contributed by atoms with E-state index in [1.807, 2.05) is 53.2 Å². The fraction of sp³-hybridized carbons (Fsp3) is 0.0870. The van der Waals surface area contributed by atoms with Crippen LogP contribution in [0.1, 0.15) is 21.8 Å². The van der Waals surface area contributed by atoms with Gasteiger partial charge < -0.3 is 13.7 Å². The van der Waals surface area contributed by atoms with Crippen molar-refractivity contribution in [2.24, 2.45) is 0 Å². The van der Waals surface area contributed by atoms with Crippen LogP contribution in [0.5, 0.6) is 5.75 Å². The highest BCUT2D eigenvalue weighted by molar-refractivity contribution is 6.30. The molecule has 5 aromatic rings. The second-order valence-electron chi connectivity index (χ2n) is 6.87. The molecule has 0 fully saturated rings. The fourth-order valence-electron chi connectivity index (χ4n) is 3.49. The van der Waals surface area contributed by atoms with Crippen molar-refractivity contribution >= 4 is 39.4 Å². The molecule has 0 unspecified atom stereocenters. The number of rotatable bonds is 5. The zero-order valence-corrected chi connectivity index (χ0v) is 16.8. The number of oxazole rings is 1. The van der Waals surface area contributed by atoms with Crippen molar-refractivity contribution in [2.45, 2.75) is 6.54 Å². The van der Waals surface area contributed by atoms with Crippen LogP contribution in [0.2, 0.25) is 5.02 Å². The van der Waals surface area contributed by atoms with E-state index in [1.54, 1.807) is 25.6 Å². The van der Waals surface area contributed by atoms with Gasteiger partial charge in [-0.1, -0.05) is 23.7 Å². The van der Waals surface area contributed by atoms with Gasteiger partial charge in [0.25, 0.3) is 5.89 Å². The maximum absolute atomic E-state index is 13.3. The van der Waals surface area contributed by atoms with Gasteiger partial charge in [0.05, 0.1) is 18.9 Å². The Morgan fingerprint density at radius 1 is 1.17 bits per heavy atom. The number of nitrogens with zero attached hydrogens (tertiary/aromatic N) is 3. The number of pyridine rings is 1. The topological polar surface area (TPSA) is 70.2 Å². The second kappa shape index (κ2) is 7.31. The summed E-state index contributed by atoms with van der Waals surface area (Å²) in [5, 5.41) is 1.45. The Kier molecular flexibility index (Phi) is 4.48. The Balaban J connectivity index is 1.62. The van der Waals surface area contributed by atoms with Gasteiger partial charge in [-0.15, -0.1) is 0 Å². The van der Waals surface area contributed by atoms with E-state index in [-0.39, 0.29) is 11.7 Å². The van der Waals surface area contributed by atoms with Crippen LogP contribution in [0.3, 0.4) is 0 Å². The van der Waals surface area contributed by atoms with Crippen molar-refractivity contribution in [3.63, 3.8) is 0 Å². The maximum atomic E-state index is 13.3. The lowest BCUT2D eigenvalue weighted by atomic mass is 10.1. The minimum Gasteiger partial charge on any atom is -0.497 e. The number of aromatic nitrogens is 3. The lowest BCUT2D eigenvalue weighted by Crippen LogP contribution is -2.01. The summed E-state index contributed by atoms with van der Waals surface area (Å²) in [6, 6.07) is 15.0. The molecule has 6 nitrogen and oxygen atoms in total. The Labute approximate surface area is 176 Å². The smallest absolute Gasteiger partial charge is 0.269 e. The molecule has 0 aliphatic rings. The van der Waals surface area contributed by atoms with Crippen LogP contribution in [0.15, 0.2) is 71.5 Å². The molecule has 0 saturated carbocycles. The average Bonchev–Trinajstić information content (AvgIpc) is 3.36. The van der Waals surface area contributed by atoms with Crippen molar-refractivity contribution in [1.82, 2.24) is 14.5 Å². The molecule has 3 aromatic heterocycles. The van der Waals surface area contributed by atoms with Gasteiger partial charge >= 0.3 is 0 Å². The first-order valence-electron chi connectivity index (χ1n) is 9.29. The van der Waals surface area contributed by atoms with E-state index in [1.165, 1.54) is 0 Å². The van der Waals surface area contributed by atoms with Gasteiger partial charge in [-0.3, -0.25) is 9.78 Å². The highest BCUT2D eigenvalue weighted by atomic mass is 35.5. The number of carbonyl (C=O) groups excluding carboxylic acids is 1. The lowest BCUT2D eigenvalue weighted by Gasteiger charge is -2.06. The van der Waals surface area contributed by atoms with Gasteiger partial charge in [-0.05, 0) is 42.0 Å². The number of ketones is 1. The number of fused-ring (bicyclic) bond motifs is 2. The fourth-order valence-corrected chi connectivity index (χ4v) is 3.62. The number of hydrogen-bond donors (Lipinski definition) is 0. The van der Waals surface area contributed by atoms with Crippen LogP contribution < -0.4 is 4.74 Å². The largest absolute Gasteiger partial charge is 0.497 e. The van der Waals surface area contributed by atoms with Gasteiger partial charge in [0.15, 0.2) is 5.58 Å². The first-order valence-corrected chi connectivity index (χ1v) is 9.67. The van der Waals surface area contributed by atoms with E-state index in [0.29, 0.717) is 34.0 Å². The summed E-state index contributed by atoms with van der Waals surface area (Å²) in [6.07, 6.45) is 4.99. The summed E-state index contributed by atoms with van der Waals surface area (Å²) in [5.41, 5.74) is 3.54. The number of methoxy groups -OCH3 is 1. The zero-order chi connectivity index (χ0) is 20.7. The zero-order valence-electron chi connectivity index (χ0n) is 16.0. The third-order valence-electron chi connectivity index (χ3n) is 4.98. The van der Waals surface area contributed by atoms with Crippen LogP contribution >= 0.6 is 11.6 Å². The first-order chi connectivity index (χ1) is 14.6. The molecule has 0 N–H and O–H groups in total. The van der Waals surface area contributed by atoms with Crippen molar-refractivity contribution < 1.29 is 13.9 Å². The van der Waals surface area contributed by atoms with Crippen LogP contribution in [-0.2, 0) is 6.54 Å². The molecular formula is C23H16ClN3O3. The predicted molar refractivity (Wildman–Crippen MR) is 114 cm³/mol. The molecule has 3 heterocycles. The molecule has 7 heteroatoms. The number of ether oxygens (including phenoxy) is 1. The highest BCUT2D eigenvalue weighted by Crippen LogP contribution is 2.29. The maximum Gasteiger partial charge on any atom is 0.269 e. The summed E-state index contributed by atoms with van der Waals surface area (Å²) in [5.74, 6) is 0.410. The summed E-state index contributed by atoms with van der Waals surface area (Å²) in [4.78, 5) is 21.6. The molecule has 148 valence electrons. The average molecular weight is 418 g/mol. The lowest BCUT2D eigenvalue weighted by molar-refractivity contribution is 0.101. The molecular weight excluding hydrogens is 402 g/mol. The Morgan fingerprint density at radius 3 is 2.77 bits per heavy atom. The molecule has 0 atom stereocenters. The van der Waals surface area contributed by atoms with Gasteiger partial charge in [-0.25, -0.2) is 4.98 Å². The van der Waals surface area contributed by atoms with Crippen LogP contribution in [-0.4, -0.2) is 27.4 Å². The minimum absolute atomic E-state index is 0.0337. The van der Waals surface area contributed by atoms with Gasteiger partial charge in [0.1, 0.15) is 11.3 Å². The number of carbonyl (C=O) groups is 1. The number of halogens is 1. The Morgan fingerprint density at radius 2 is 2.00 bits per heavy atom. The quantitative estimate of drug-likeness (QED) is 0.371. The highest BCUT2D eigenvalue weighted by Gasteiger charge is 2.22. The molecule has 0 spiro atoms. The van der Waals surface area contributed by atoms with E-state index in [2.05, 4.69) is 9.97 Å². The molecule has 2 aromatic carbocycles. The first kappa shape index (κ1) is 18.4. The van der Waals surface area contributed by atoms with E-state index < -0.39 is 0 Å². The SMILES string of the molecule is COc1ccc2c(c1)c(C(=O)c1nc3ccncc3o1)cn2Cc1ccc(Cl)cc1. The van der Waals surface area contributed by atoms with Gasteiger partial charge in [0.2, 0.25) is 5.78 Å². The molecule has 0 amide bonds. The summed E-state index contributed by atoms with van der Waals surface area (Å²) in [7, 11) is 1.60. The Bertz CT molecular complexity index is 1350. The standard InChI is InChI=1S/C23H16ClN3O3/c1-29-16-6-7-20-17(10-16)18(13-27(20)12-14-2-4-15(24)5-3-14)22(28)23-26-19-8-9-25-11-21(19)30-23/h2-11,13H,12H2,1H3. The van der Waals surface area contributed by atoms with Crippen molar-refractivity contribution in [3.05, 3.63) is 89.2 Å². The van der Waals surface area contributed by atoms with E-state index in [4.69, 9.17) is 20.8 Å². The van der Waals surface area contributed by atoms with Gasteiger partial charge in [-0.2, -0.15) is 0 Å². The molecule has 0 aliphatic heterocycles. The van der Waals surface area contributed by atoms with E-state index in [9.17, 15) is 4.79 Å².